The van der Waals surface area contributed by atoms with Gasteiger partial charge in [0, 0.05) is 25.1 Å². The third-order valence-electron chi connectivity index (χ3n) is 3.13. The van der Waals surface area contributed by atoms with Gasteiger partial charge in [0.05, 0.1) is 6.04 Å². The Kier molecular flexibility index (Phi) is 4.76. The van der Waals surface area contributed by atoms with Crippen molar-refractivity contribution >= 4 is 23.6 Å². The van der Waals surface area contributed by atoms with Crippen LogP contribution in [0, 0.1) is 0 Å². The molecule has 1 heterocycles. The first-order chi connectivity index (χ1) is 10.0. The molecule has 0 bridgehead atoms. The number of hydrogen-bond acceptors (Lipinski definition) is 3. The number of anilines is 1. The molecule has 1 aliphatic heterocycles. The predicted octanol–water partition coefficient (Wildman–Crippen LogP) is 0.714. The molecule has 21 heavy (non-hydrogen) atoms. The van der Waals surface area contributed by atoms with Crippen molar-refractivity contribution in [3.8, 4) is 0 Å². The van der Waals surface area contributed by atoms with Crippen LogP contribution in [0.15, 0.2) is 24.3 Å². The first-order valence-electron chi connectivity index (χ1n) is 6.68. The molecule has 0 aliphatic carbocycles. The third-order valence-corrected chi connectivity index (χ3v) is 3.13. The summed E-state index contributed by atoms with van der Waals surface area (Å²) >= 11 is 0. The first-order valence-corrected chi connectivity index (χ1v) is 6.68. The number of carbonyl (C=O) groups is 3. The molecule has 0 saturated carbocycles. The summed E-state index contributed by atoms with van der Waals surface area (Å²) in [5, 5.41) is 16.7. The molecule has 2 rings (SSSR count). The fourth-order valence-electron chi connectivity index (χ4n) is 2.12. The van der Waals surface area contributed by atoms with Crippen LogP contribution < -0.4 is 16.0 Å². The van der Waals surface area contributed by atoms with E-state index in [1.165, 1.54) is 0 Å². The van der Waals surface area contributed by atoms with Crippen LogP contribution in [0.3, 0.4) is 0 Å². The van der Waals surface area contributed by atoms with Crippen LogP contribution in [-0.2, 0) is 16.0 Å². The number of urea groups is 1. The maximum atomic E-state index is 11.8. The topological polar surface area (TPSA) is 108 Å². The Bertz CT molecular complexity index is 559. The normalized spacial score (nSPS) is 17.1. The molecular weight excluding hydrogens is 274 g/mol. The minimum absolute atomic E-state index is 0.0471. The van der Waals surface area contributed by atoms with Crippen LogP contribution >= 0.6 is 0 Å². The van der Waals surface area contributed by atoms with Crippen LogP contribution in [0.2, 0.25) is 0 Å². The molecule has 112 valence electrons. The molecule has 1 unspecified atom stereocenters. The Balaban J connectivity index is 1.86. The van der Waals surface area contributed by atoms with Gasteiger partial charge in [0.15, 0.2) is 0 Å². The van der Waals surface area contributed by atoms with E-state index in [-0.39, 0.29) is 30.8 Å². The zero-order chi connectivity index (χ0) is 15.2. The van der Waals surface area contributed by atoms with Crippen LogP contribution in [-0.4, -0.2) is 35.6 Å². The summed E-state index contributed by atoms with van der Waals surface area (Å²) in [5.74, 6) is -0.930. The van der Waals surface area contributed by atoms with E-state index in [2.05, 4.69) is 16.0 Å². The number of aliphatic carboxylic acids is 1. The van der Waals surface area contributed by atoms with Crippen molar-refractivity contribution in [3.63, 3.8) is 0 Å². The van der Waals surface area contributed by atoms with E-state index >= 15 is 0 Å². The van der Waals surface area contributed by atoms with Gasteiger partial charge >= 0.3 is 12.0 Å². The first kappa shape index (κ1) is 14.8. The van der Waals surface area contributed by atoms with E-state index in [0.29, 0.717) is 18.7 Å². The van der Waals surface area contributed by atoms with E-state index < -0.39 is 5.97 Å². The molecule has 7 heteroatoms. The van der Waals surface area contributed by atoms with Crippen molar-refractivity contribution in [1.82, 2.24) is 10.6 Å². The van der Waals surface area contributed by atoms with Gasteiger partial charge in [-0.25, -0.2) is 4.79 Å². The van der Waals surface area contributed by atoms with Crippen LogP contribution in [0.1, 0.15) is 18.4 Å². The molecule has 7 nitrogen and oxygen atoms in total. The number of carbonyl (C=O) groups excluding carboxylic acids is 2. The van der Waals surface area contributed by atoms with Gasteiger partial charge in [-0.2, -0.15) is 0 Å². The standard InChI is InChI=1S/C14H17N3O4/c18-12-7-11(8-15-12)17-14(21)16-10-3-1-2-9(6-10)4-5-13(19)20/h1-3,6,11H,4-5,7-8H2,(H,15,18)(H,19,20)(H2,16,17,21). The summed E-state index contributed by atoms with van der Waals surface area (Å²) < 4.78 is 0. The highest BCUT2D eigenvalue weighted by Crippen LogP contribution is 2.12. The molecule has 0 radical (unpaired) electrons. The maximum absolute atomic E-state index is 11.8. The van der Waals surface area contributed by atoms with Crippen molar-refractivity contribution in [1.29, 1.82) is 0 Å². The largest absolute Gasteiger partial charge is 0.481 e. The molecular formula is C14H17N3O4. The van der Waals surface area contributed by atoms with E-state index in [0.717, 1.165) is 5.56 Å². The Morgan fingerprint density at radius 1 is 1.38 bits per heavy atom. The van der Waals surface area contributed by atoms with Crippen LogP contribution in [0.5, 0.6) is 0 Å². The Hall–Kier alpha value is -2.57. The van der Waals surface area contributed by atoms with Gasteiger partial charge in [-0.05, 0) is 24.1 Å². The monoisotopic (exact) mass is 291 g/mol. The lowest BCUT2D eigenvalue weighted by molar-refractivity contribution is -0.137. The minimum Gasteiger partial charge on any atom is -0.481 e. The van der Waals surface area contributed by atoms with Gasteiger partial charge in [0.25, 0.3) is 0 Å². The zero-order valence-electron chi connectivity index (χ0n) is 11.4. The fraction of sp³-hybridized carbons (Fsp3) is 0.357. The molecule has 1 saturated heterocycles. The highest BCUT2D eigenvalue weighted by molar-refractivity contribution is 5.90. The molecule has 1 fully saturated rings. The number of hydrogen-bond donors (Lipinski definition) is 4. The van der Waals surface area contributed by atoms with Gasteiger partial charge in [-0.1, -0.05) is 12.1 Å². The van der Waals surface area contributed by atoms with Gasteiger partial charge in [-0.3, -0.25) is 9.59 Å². The van der Waals surface area contributed by atoms with Crippen molar-refractivity contribution in [2.75, 3.05) is 11.9 Å². The number of aryl methyl sites for hydroxylation is 1. The SMILES string of the molecule is O=C(O)CCc1cccc(NC(=O)NC2CNC(=O)C2)c1. The van der Waals surface area contributed by atoms with Crippen LogP contribution in [0.25, 0.3) is 0 Å². The number of nitrogens with one attached hydrogen (secondary N) is 3. The van der Waals surface area contributed by atoms with Gasteiger partial charge in [0.1, 0.15) is 0 Å². The lowest BCUT2D eigenvalue weighted by atomic mass is 10.1. The fourth-order valence-corrected chi connectivity index (χ4v) is 2.12. The summed E-state index contributed by atoms with van der Waals surface area (Å²) in [6.45, 7) is 0.435. The van der Waals surface area contributed by atoms with Crippen molar-refractivity contribution in [2.45, 2.75) is 25.3 Å². The lowest BCUT2D eigenvalue weighted by Crippen LogP contribution is -2.39. The van der Waals surface area contributed by atoms with Crippen molar-refractivity contribution < 1.29 is 19.5 Å². The van der Waals surface area contributed by atoms with Crippen LogP contribution in [0.4, 0.5) is 10.5 Å². The average molecular weight is 291 g/mol. The van der Waals surface area contributed by atoms with Gasteiger partial charge in [0.2, 0.25) is 5.91 Å². The van der Waals surface area contributed by atoms with Crippen molar-refractivity contribution in [2.24, 2.45) is 0 Å². The molecule has 3 amide bonds. The molecule has 1 atom stereocenters. The number of benzene rings is 1. The highest BCUT2D eigenvalue weighted by Gasteiger charge is 2.22. The summed E-state index contributed by atoms with van der Waals surface area (Å²) in [4.78, 5) is 33.4. The number of carboxylic acid groups (broad SMARTS) is 1. The smallest absolute Gasteiger partial charge is 0.319 e. The average Bonchev–Trinajstić information content (AvgIpc) is 2.82. The zero-order valence-corrected chi connectivity index (χ0v) is 11.4. The molecule has 0 spiro atoms. The minimum atomic E-state index is -0.857. The number of rotatable bonds is 5. The number of amides is 3. The maximum Gasteiger partial charge on any atom is 0.319 e. The molecule has 1 aliphatic rings. The van der Waals surface area contributed by atoms with E-state index in [1.807, 2.05) is 6.07 Å². The highest BCUT2D eigenvalue weighted by atomic mass is 16.4. The van der Waals surface area contributed by atoms with E-state index in [1.54, 1.807) is 18.2 Å². The molecule has 1 aromatic rings. The second kappa shape index (κ2) is 6.74. The Labute approximate surface area is 121 Å². The Morgan fingerprint density at radius 3 is 2.86 bits per heavy atom. The van der Waals surface area contributed by atoms with E-state index in [9.17, 15) is 14.4 Å². The van der Waals surface area contributed by atoms with Gasteiger partial charge in [-0.15, -0.1) is 0 Å². The second-order valence-corrected chi connectivity index (χ2v) is 4.90. The van der Waals surface area contributed by atoms with Crippen molar-refractivity contribution in [3.05, 3.63) is 29.8 Å². The third kappa shape index (κ3) is 4.79. The summed E-state index contributed by atoms with van der Waals surface area (Å²) in [6, 6.07) is 6.45. The molecule has 4 N–H and O–H groups in total. The quantitative estimate of drug-likeness (QED) is 0.641. The lowest BCUT2D eigenvalue weighted by Gasteiger charge is -2.12. The van der Waals surface area contributed by atoms with Gasteiger partial charge < -0.3 is 21.1 Å². The molecule has 0 aromatic heterocycles. The van der Waals surface area contributed by atoms with E-state index in [4.69, 9.17) is 5.11 Å². The number of carboxylic acids is 1. The summed E-state index contributed by atoms with van der Waals surface area (Å²) in [7, 11) is 0. The summed E-state index contributed by atoms with van der Waals surface area (Å²) in [6.07, 6.45) is 0.741. The molecule has 1 aromatic carbocycles. The summed E-state index contributed by atoms with van der Waals surface area (Å²) in [5.41, 5.74) is 1.43. The predicted molar refractivity (Wildman–Crippen MR) is 76.0 cm³/mol. The second-order valence-electron chi connectivity index (χ2n) is 4.90. The Morgan fingerprint density at radius 2 is 2.19 bits per heavy atom.